The van der Waals surface area contributed by atoms with Gasteiger partial charge in [-0.1, -0.05) is 138 Å². The van der Waals surface area contributed by atoms with Gasteiger partial charge in [0.05, 0.1) is 0 Å². The summed E-state index contributed by atoms with van der Waals surface area (Å²) in [4.78, 5) is 4.95. The summed E-state index contributed by atoms with van der Waals surface area (Å²) < 4.78 is 0. The molecule has 4 heteroatoms. The zero-order valence-corrected chi connectivity index (χ0v) is 30.4. The molecule has 0 fully saturated rings. The molecule has 0 aromatic heterocycles. The van der Waals surface area contributed by atoms with E-state index in [4.69, 9.17) is 0 Å². The van der Waals surface area contributed by atoms with Crippen LogP contribution in [0, 0.1) is 0 Å². The number of hydrogen-bond donors (Lipinski definition) is 0. The van der Waals surface area contributed by atoms with Crippen LogP contribution in [-0.2, 0) is 0 Å². The van der Waals surface area contributed by atoms with Gasteiger partial charge in [-0.25, -0.2) is 0 Å². The molecule has 254 valence electrons. The highest BCUT2D eigenvalue weighted by molar-refractivity contribution is 7.02. The molecular weight excluding hydrogens is 674 g/mol. The van der Waals surface area contributed by atoms with Crippen LogP contribution in [0.15, 0.2) is 182 Å². The number of anilines is 6. The van der Waals surface area contributed by atoms with Crippen molar-refractivity contribution in [1.82, 2.24) is 0 Å². The molecule has 10 aromatic carbocycles. The molecule has 14 rings (SSSR count). The second kappa shape index (κ2) is 10.4. The largest absolute Gasteiger partial charge is 0.312 e. The maximum absolute atomic E-state index is 2.56. The predicted octanol–water partition coefficient (Wildman–Crippen LogP) is 9.14. The molecule has 4 heterocycles. The topological polar surface area (TPSA) is 6.48 Å². The summed E-state index contributed by atoms with van der Waals surface area (Å²) in [7, 11) is 0. The van der Waals surface area contributed by atoms with Crippen molar-refractivity contribution < 1.29 is 0 Å². The zero-order valence-electron chi connectivity index (χ0n) is 30.4. The third kappa shape index (κ3) is 3.48. The zero-order chi connectivity index (χ0) is 36.2. The van der Waals surface area contributed by atoms with Gasteiger partial charge < -0.3 is 9.80 Å². The first-order valence-electron chi connectivity index (χ1n) is 19.8. The summed E-state index contributed by atoms with van der Waals surface area (Å²) in [6.07, 6.45) is 0. The molecule has 0 atom stereocenters. The van der Waals surface area contributed by atoms with E-state index in [1.807, 2.05) is 0 Å². The minimum Gasteiger partial charge on any atom is -0.312 e. The lowest BCUT2D eigenvalue weighted by Crippen LogP contribution is -2.60. The van der Waals surface area contributed by atoms with Gasteiger partial charge in [0.2, 0.25) is 13.4 Å². The molecule has 2 nitrogen and oxygen atoms in total. The Morgan fingerprint density at radius 1 is 0.286 bits per heavy atom. The Labute approximate surface area is 325 Å². The first-order chi connectivity index (χ1) is 27.8. The van der Waals surface area contributed by atoms with Crippen LogP contribution in [0.2, 0.25) is 0 Å². The van der Waals surface area contributed by atoms with Crippen LogP contribution < -0.4 is 42.6 Å². The van der Waals surface area contributed by atoms with Crippen LogP contribution in [0.5, 0.6) is 0 Å². The lowest BCUT2D eigenvalue weighted by atomic mass is 9.31. The molecule has 4 aliphatic rings. The quantitative estimate of drug-likeness (QED) is 0.131. The van der Waals surface area contributed by atoms with Gasteiger partial charge >= 0.3 is 0 Å². The van der Waals surface area contributed by atoms with Gasteiger partial charge in [-0.05, 0) is 131 Å². The Morgan fingerprint density at radius 3 is 1.39 bits per heavy atom. The average molecular weight is 704 g/mol. The molecule has 0 unspecified atom stereocenters. The number of nitrogens with zero attached hydrogens (tertiary/aromatic N) is 2. The van der Waals surface area contributed by atoms with E-state index in [-0.39, 0.29) is 13.4 Å². The molecule has 0 saturated heterocycles. The summed E-state index contributed by atoms with van der Waals surface area (Å²) >= 11 is 0. The third-order valence-corrected chi connectivity index (χ3v) is 13.4. The van der Waals surface area contributed by atoms with Crippen LogP contribution in [0.25, 0.3) is 54.6 Å². The standard InChI is InChI=1S/C52H30B2N2/c1-3-13-33(14-4-1)55-43-21-9-7-19-39(43)53-41-28-26-32-30-42-49-35(27-25-31-29-38(50(41)48(32)47(31)49)37-18-12-24-46(55)52(37)53)36-17-11-23-45-51(36)54(42)40-20-8-10-22-44(40)56(45)34-15-5-2-6-16-34/h1-30H. The van der Waals surface area contributed by atoms with Gasteiger partial charge in [-0.15, -0.1) is 0 Å². The number of rotatable bonds is 2. The average Bonchev–Trinajstić information content (AvgIpc) is 3.26. The highest BCUT2D eigenvalue weighted by Gasteiger charge is 2.44. The predicted molar refractivity (Wildman–Crippen MR) is 240 cm³/mol. The van der Waals surface area contributed by atoms with E-state index in [0.29, 0.717) is 0 Å². The summed E-state index contributed by atoms with van der Waals surface area (Å²) in [5.74, 6) is 0. The molecule has 10 aromatic rings. The van der Waals surface area contributed by atoms with Crippen molar-refractivity contribution in [2.45, 2.75) is 0 Å². The van der Waals surface area contributed by atoms with E-state index >= 15 is 0 Å². The molecule has 0 N–H and O–H groups in total. The first-order valence-corrected chi connectivity index (χ1v) is 19.8. The van der Waals surface area contributed by atoms with E-state index in [9.17, 15) is 0 Å². The lowest BCUT2D eigenvalue weighted by Gasteiger charge is -2.41. The van der Waals surface area contributed by atoms with Gasteiger partial charge in [-0.2, -0.15) is 0 Å². The van der Waals surface area contributed by atoms with Crippen LogP contribution in [0.4, 0.5) is 34.1 Å². The van der Waals surface area contributed by atoms with Crippen LogP contribution in [0.3, 0.4) is 0 Å². The summed E-state index contributed by atoms with van der Waals surface area (Å²) in [6, 6.07) is 68.6. The molecule has 0 bridgehead atoms. The number of benzene rings is 10. The van der Waals surface area contributed by atoms with Crippen molar-refractivity contribution in [3.63, 3.8) is 0 Å². The smallest absolute Gasteiger partial charge is 0.248 e. The maximum Gasteiger partial charge on any atom is 0.248 e. The molecular formula is C52H30B2N2. The van der Waals surface area contributed by atoms with Crippen LogP contribution in [-0.4, -0.2) is 13.4 Å². The molecule has 0 radical (unpaired) electrons. The fourth-order valence-electron chi connectivity index (χ4n) is 11.4. The van der Waals surface area contributed by atoms with Crippen molar-refractivity contribution in [3.05, 3.63) is 182 Å². The van der Waals surface area contributed by atoms with Crippen LogP contribution >= 0.6 is 0 Å². The van der Waals surface area contributed by atoms with Crippen molar-refractivity contribution >= 4 is 113 Å². The first kappa shape index (κ1) is 29.3. The second-order valence-corrected chi connectivity index (χ2v) is 15.9. The van der Waals surface area contributed by atoms with Gasteiger partial charge in [0.25, 0.3) is 0 Å². The fourth-order valence-corrected chi connectivity index (χ4v) is 11.4. The third-order valence-electron chi connectivity index (χ3n) is 13.4. The van der Waals surface area contributed by atoms with Crippen molar-refractivity contribution in [2.75, 3.05) is 9.80 Å². The Kier molecular flexibility index (Phi) is 5.44. The fraction of sp³-hybridized carbons (Fsp3) is 0. The second-order valence-electron chi connectivity index (χ2n) is 15.9. The van der Waals surface area contributed by atoms with Gasteiger partial charge in [0.1, 0.15) is 0 Å². The van der Waals surface area contributed by atoms with E-state index in [2.05, 4.69) is 192 Å². The van der Waals surface area contributed by atoms with Crippen LogP contribution in [0.1, 0.15) is 0 Å². The lowest BCUT2D eigenvalue weighted by molar-refractivity contribution is 1.29. The SMILES string of the molecule is c1ccc(N2c3ccccc3B3c4c(cccc42)-c2cc4ccc5c6c(cc7ccc3c2c7c46)B2c3ccccc3N(c3ccccc3)c3cccc-5c32)cc1. The molecule has 0 spiro atoms. The van der Waals surface area contributed by atoms with Gasteiger partial charge in [-0.3, -0.25) is 0 Å². The number of fused-ring (bicyclic) bond motifs is 8. The van der Waals surface area contributed by atoms with E-state index in [1.54, 1.807) is 0 Å². The summed E-state index contributed by atoms with van der Waals surface area (Å²) in [5.41, 5.74) is 21.2. The number of hydrogen-bond acceptors (Lipinski definition) is 2. The Bertz CT molecular complexity index is 3330. The minimum atomic E-state index is 0.128. The molecule has 56 heavy (non-hydrogen) atoms. The molecule has 0 amide bonds. The minimum absolute atomic E-state index is 0.128. The highest BCUT2D eigenvalue weighted by atomic mass is 15.2. The van der Waals surface area contributed by atoms with Crippen molar-refractivity contribution in [3.8, 4) is 22.3 Å². The number of para-hydroxylation sites is 4. The molecule has 4 aliphatic heterocycles. The Balaban J connectivity index is 1.09. The van der Waals surface area contributed by atoms with Crippen molar-refractivity contribution in [2.24, 2.45) is 0 Å². The summed E-state index contributed by atoms with van der Waals surface area (Å²) in [5, 5.41) is 8.28. The monoisotopic (exact) mass is 704 g/mol. The Morgan fingerprint density at radius 2 is 0.768 bits per heavy atom. The summed E-state index contributed by atoms with van der Waals surface area (Å²) in [6.45, 7) is 0.266. The van der Waals surface area contributed by atoms with E-state index in [1.165, 1.54) is 121 Å². The highest BCUT2D eigenvalue weighted by Crippen LogP contribution is 2.48. The van der Waals surface area contributed by atoms with Crippen molar-refractivity contribution in [1.29, 1.82) is 0 Å². The van der Waals surface area contributed by atoms with Gasteiger partial charge in [0.15, 0.2) is 0 Å². The molecule has 0 aliphatic carbocycles. The van der Waals surface area contributed by atoms with E-state index < -0.39 is 0 Å². The van der Waals surface area contributed by atoms with Gasteiger partial charge in [0, 0.05) is 34.1 Å². The van der Waals surface area contributed by atoms with E-state index in [0.717, 1.165) is 0 Å². The molecule has 0 saturated carbocycles. The maximum atomic E-state index is 2.56. The normalized spacial score (nSPS) is 13.9. The Hall–Kier alpha value is -7.03.